The van der Waals surface area contributed by atoms with Crippen LogP contribution in [0.5, 0.6) is 11.5 Å². The van der Waals surface area contributed by atoms with Gasteiger partial charge in [-0.2, -0.15) is 0 Å². The molecule has 0 saturated heterocycles. The van der Waals surface area contributed by atoms with Crippen molar-refractivity contribution in [3.63, 3.8) is 0 Å². The zero-order chi connectivity index (χ0) is 15.5. The van der Waals surface area contributed by atoms with Crippen molar-refractivity contribution in [3.8, 4) is 11.5 Å². The van der Waals surface area contributed by atoms with Crippen LogP contribution in [0.4, 0.5) is 0 Å². The molecule has 1 aliphatic rings. The quantitative estimate of drug-likeness (QED) is 0.945. The lowest BCUT2D eigenvalue weighted by molar-refractivity contribution is -0.133. The third kappa shape index (κ3) is 3.17. The SMILES string of the molecule is C[C@H]1Oc2ccccc2O[C@H]1C(=O)NCc1ccc(Cl)cc1. The third-order valence-electron chi connectivity index (χ3n) is 3.48. The van der Waals surface area contributed by atoms with Gasteiger partial charge >= 0.3 is 0 Å². The molecular formula is C17H16ClNO3. The minimum absolute atomic E-state index is 0.197. The molecule has 0 saturated carbocycles. The van der Waals surface area contributed by atoms with Gasteiger partial charge in [-0.25, -0.2) is 0 Å². The van der Waals surface area contributed by atoms with Crippen molar-refractivity contribution in [1.82, 2.24) is 5.32 Å². The average Bonchev–Trinajstić information content (AvgIpc) is 2.53. The lowest BCUT2D eigenvalue weighted by Gasteiger charge is -2.31. The van der Waals surface area contributed by atoms with Gasteiger partial charge in [-0.1, -0.05) is 35.9 Å². The molecule has 22 heavy (non-hydrogen) atoms. The van der Waals surface area contributed by atoms with Crippen molar-refractivity contribution >= 4 is 17.5 Å². The maximum absolute atomic E-state index is 12.3. The van der Waals surface area contributed by atoms with Crippen LogP contribution in [0.2, 0.25) is 5.02 Å². The summed E-state index contributed by atoms with van der Waals surface area (Å²) in [4.78, 5) is 12.3. The first kappa shape index (κ1) is 14.7. The van der Waals surface area contributed by atoms with E-state index in [0.29, 0.717) is 23.1 Å². The van der Waals surface area contributed by atoms with E-state index in [1.54, 1.807) is 18.2 Å². The molecule has 0 fully saturated rings. The number of amides is 1. The number of hydrogen-bond acceptors (Lipinski definition) is 3. The highest BCUT2D eigenvalue weighted by Crippen LogP contribution is 2.33. The number of nitrogens with one attached hydrogen (secondary N) is 1. The van der Waals surface area contributed by atoms with Gasteiger partial charge < -0.3 is 14.8 Å². The smallest absolute Gasteiger partial charge is 0.265 e. The molecule has 0 spiro atoms. The van der Waals surface area contributed by atoms with Crippen molar-refractivity contribution in [2.75, 3.05) is 0 Å². The monoisotopic (exact) mass is 317 g/mol. The predicted molar refractivity (Wildman–Crippen MR) is 84.2 cm³/mol. The molecule has 5 heteroatoms. The van der Waals surface area contributed by atoms with Gasteiger partial charge in [0.2, 0.25) is 6.10 Å². The van der Waals surface area contributed by atoms with Gasteiger partial charge in [0.25, 0.3) is 5.91 Å². The van der Waals surface area contributed by atoms with Crippen molar-refractivity contribution in [3.05, 3.63) is 59.1 Å². The number of carbonyl (C=O) groups excluding carboxylic acids is 1. The van der Waals surface area contributed by atoms with Crippen molar-refractivity contribution < 1.29 is 14.3 Å². The largest absolute Gasteiger partial charge is 0.482 e. The summed E-state index contributed by atoms with van der Waals surface area (Å²) < 4.78 is 11.5. The van der Waals surface area contributed by atoms with Crippen LogP contribution in [-0.2, 0) is 11.3 Å². The van der Waals surface area contributed by atoms with Crippen LogP contribution < -0.4 is 14.8 Å². The lowest BCUT2D eigenvalue weighted by atomic mass is 10.1. The van der Waals surface area contributed by atoms with Crippen LogP contribution in [0.15, 0.2) is 48.5 Å². The maximum Gasteiger partial charge on any atom is 0.265 e. The van der Waals surface area contributed by atoms with Gasteiger partial charge in [0.05, 0.1) is 0 Å². The second-order valence-electron chi connectivity index (χ2n) is 5.15. The van der Waals surface area contributed by atoms with Crippen LogP contribution in [0.3, 0.4) is 0 Å². The molecule has 4 nitrogen and oxygen atoms in total. The summed E-state index contributed by atoms with van der Waals surface area (Å²) in [6.07, 6.45) is -1.01. The molecule has 0 aromatic heterocycles. The Morgan fingerprint density at radius 1 is 1.09 bits per heavy atom. The van der Waals surface area contributed by atoms with E-state index in [4.69, 9.17) is 21.1 Å². The van der Waals surface area contributed by atoms with Gasteiger partial charge in [-0.15, -0.1) is 0 Å². The molecular weight excluding hydrogens is 302 g/mol. The molecule has 0 radical (unpaired) electrons. The van der Waals surface area contributed by atoms with Gasteiger partial charge in [-0.3, -0.25) is 4.79 Å². The molecule has 114 valence electrons. The molecule has 0 unspecified atom stereocenters. The van der Waals surface area contributed by atoms with E-state index in [0.717, 1.165) is 5.56 Å². The topological polar surface area (TPSA) is 47.6 Å². The van der Waals surface area contributed by atoms with Crippen LogP contribution in [0.1, 0.15) is 12.5 Å². The van der Waals surface area contributed by atoms with E-state index >= 15 is 0 Å². The molecule has 1 N–H and O–H groups in total. The standard InChI is InChI=1S/C17H16ClNO3/c1-11-16(22-15-5-3-2-4-14(15)21-11)17(20)19-10-12-6-8-13(18)9-7-12/h2-9,11,16H,10H2,1H3,(H,19,20)/t11-,16-/m1/s1. The Balaban J connectivity index is 1.64. The predicted octanol–water partition coefficient (Wildman–Crippen LogP) is 3.18. The first-order valence-corrected chi connectivity index (χ1v) is 7.46. The number of benzene rings is 2. The summed E-state index contributed by atoms with van der Waals surface area (Å²) >= 11 is 5.84. The summed E-state index contributed by atoms with van der Waals surface area (Å²) in [7, 11) is 0. The summed E-state index contributed by atoms with van der Waals surface area (Å²) in [6.45, 7) is 2.24. The molecule has 0 bridgehead atoms. The van der Waals surface area contributed by atoms with Crippen molar-refractivity contribution in [2.45, 2.75) is 25.7 Å². The van der Waals surface area contributed by atoms with Gasteiger partial charge in [-0.05, 0) is 36.8 Å². The number of hydrogen-bond donors (Lipinski definition) is 1. The molecule has 3 rings (SSSR count). The second kappa shape index (κ2) is 6.28. The molecule has 0 aliphatic carbocycles. The Labute approximate surface area is 134 Å². The summed E-state index contributed by atoms with van der Waals surface area (Å²) in [6, 6.07) is 14.7. The Hall–Kier alpha value is -2.20. The van der Waals surface area contributed by atoms with Crippen molar-refractivity contribution in [2.24, 2.45) is 0 Å². The maximum atomic E-state index is 12.3. The number of carbonyl (C=O) groups is 1. The second-order valence-corrected chi connectivity index (χ2v) is 5.59. The highest BCUT2D eigenvalue weighted by molar-refractivity contribution is 6.30. The average molecular weight is 318 g/mol. The van der Waals surface area contributed by atoms with E-state index in [9.17, 15) is 4.79 Å². The zero-order valence-electron chi connectivity index (χ0n) is 12.1. The highest BCUT2D eigenvalue weighted by atomic mass is 35.5. The fourth-order valence-corrected chi connectivity index (χ4v) is 2.42. The fourth-order valence-electron chi connectivity index (χ4n) is 2.30. The fraction of sp³-hybridized carbons (Fsp3) is 0.235. The van der Waals surface area contributed by atoms with Crippen LogP contribution in [0.25, 0.3) is 0 Å². The Morgan fingerprint density at radius 3 is 2.41 bits per heavy atom. The van der Waals surface area contributed by atoms with E-state index in [2.05, 4.69) is 5.32 Å². The summed E-state index contributed by atoms with van der Waals surface area (Å²) in [5.74, 6) is 1.06. The normalized spacial score (nSPS) is 19.5. The highest BCUT2D eigenvalue weighted by Gasteiger charge is 2.33. The molecule has 1 amide bonds. The minimum Gasteiger partial charge on any atom is -0.482 e. The first-order valence-electron chi connectivity index (χ1n) is 7.08. The summed E-state index contributed by atoms with van der Waals surface area (Å²) in [5, 5.41) is 3.53. The van der Waals surface area contributed by atoms with E-state index in [1.807, 2.05) is 37.3 Å². The molecule has 2 aromatic carbocycles. The molecule has 1 heterocycles. The Morgan fingerprint density at radius 2 is 1.73 bits per heavy atom. The number of halogens is 1. The van der Waals surface area contributed by atoms with Crippen LogP contribution in [-0.4, -0.2) is 18.1 Å². The number of rotatable bonds is 3. The van der Waals surface area contributed by atoms with Gasteiger partial charge in [0.1, 0.15) is 6.10 Å². The van der Waals surface area contributed by atoms with E-state index in [1.165, 1.54) is 0 Å². The Kier molecular flexibility index (Phi) is 4.20. The van der Waals surface area contributed by atoms with E-state index < -0.39 is 6.10 Å². The number of fused-ring (bicyclic) bond motifs is 1. The first-order chi connectivity index (χ1) is 10.6. The lowest BCUT2D eigenvalue weighted by Crippen LogP contribution is -2.48. The number of ether oxygens (including phenoxy) is 2. The van der Waals surface area contributed by atoms with E-state index in [-0.39, 0.29) is 12.0 Å². The Bertz CT molecular complexity index is 672. The number of para-hydroxylation sites is 2. The minimum atomic E-state index is -0.665. The third-order valence-corrected chi connectivity index (χ3v) is 3.73. The molecule has 1 aliphatic heterocycles. The van der Waals surface area contributed by atoms with Gasteiger partial charge in [0.15, 0.2) is 11.5 Å². The van der Waals surface area contributed by atoms with Crippen LogP contribution in [0, 0.1) is 0 Å². The molecule has 2 aromatic rings. The molecule has 2 atom stereocenters. The summed E-state index contributed by atoms with van der Waals surface area (Å²) in [5.41, 5.74) is 0.975. The van der Waals surface area contributed by atoms with Gasteiger partial charge in [0, 0.05) is 11.6 Å². The van der Waals surface area contributed by atoms with Crippen LogP contribution >= 0.6 is 11.6 Å². The van der Waals surface area contributed by atoms with Crippen molar-refractivity contribution in [1.29, 1.82) is 0 Å². The zero-order valence-corrected chi connectivity index (χ0v) is 12.8.